The molecule has 1 aromatic rings. The molecule has 0 aliphatic carbocycles. The molecule has 0 atom stereocenters. The minimum atomic E-state index is -0.245. The Bertz CT molecular complexity index is 337. The zero-order chi connectivity index (χ0) is 10.8. The van der Waals surface area contributed by atoms with Crippen molar-refractivity contribution in [1.29, 1.82) is 0 Å². The number of carbonyl (C=O) groups excluding carboxylic acids is 1. The first-order valence-corrected chi connectivity index (χ1v) is 4.59. The zero-order valence-corrected chi connectivity index (χ0v) is 8.73. The van der Waals surface area contributed by atoms with E-state index in [4.69, 9.17) is 0 Å². The minimum Gasteiger partial charge on any atom is -0.291 e. The van der Waals surface area contributed by atoms with E-state index < -0.39 is 0 Å². The molecule has 0 aliphatic rings. The topological polar surface area (TPSA) is 17.1 Å². The summed E-state index contributed by atoms with van der Waals surface area (Å²) < 4.78 is 13.5. The summed E-state index contributed by atoms with van der Waals surface area (Å²) in [7, 11) is 0. The Kier molecular flexibility index (Phi) is 3.04. The molecule has 0 unspecified atom stereocenters. The number of hydrogen-bond donors (Lipinski definition) is 0. The summed E-state index contributed by atoms with van der Waals surface area (Å²) in [5.74, 6) is -0.245. The number of hydrogen-bond acceptors (Lipinski definition) is 1. The molecule has 0 saturated carbocycles. The van der Waals surface area contributed by atoms with E-state index in [1.54, 1.807) is 18.4 Å². The largest absolute Gasteiger partial charge is 0.291 e. The average Bonchev–Trinajstić information content (AvgIpc) is 2.02. The highest BCUT2D eigenvalue weighted by atomic mass is 19.1. The van der Waals surface area contributed by atoms with Crippen LogP contribution in [-0.4, -0.2) is 6.29 Å². The molecular formula is C12H14FO. The van der Waals surface area contributed by atoms with Gasteiger partial charge in [-0.15, -0.1) is 0 Å². The standard InChI is InChI=1S/C12H14FO/c1-12(2,3)10-5-4-9(6-7-14)8-11(10)13/h4-5,8H,6H2,1-3H3. The molecule has 14 heavy (non-hydrogen) atoms. The fourth-order valence-corrected chi connectivity index (χ4v) is 1.36. The van der Waals surface area contributed by atoms with E-state index in [0.717, 1.165) is 0 Å². The Hall–Kier alpha value is -1.18. The molecular weight excluding hydrogens is 179 g/mol. The summed E-state index contributed by atoms with van der Waals surface area (Å²) in [6, 6.07) is 4.92. The fraction of sp³-hybridized carbons (Fsp3) is 0.417. The normalized spacial score (nSPS) is 11.4. The van der Waals surface area contributed by atoms with Crippen molar-refractivity contribution >= 4 is 6.29 Å². The van der Waals surface area contributed by atoms with Crippen LogP contribution in [0.15, 0.2) is 18.2 Å². The monoisotopic (exact) mass is 193 g/mol. The second kappa shape index (κ2) is 3.91. The summed E-state index contributed by atoms with van der Waals surface area (Å²) in [4.78, 5) is 10.1. The first-order valence-electron chi connectivity index (χ1n) is 4.59. The van der Waals surface area contributed by atoms with Crippen LogP contribution >= 0.6 is 0 Å². The van der Waals surface area contributed by atoms with Gasteiger partial charge in [0.25, 0.3) is 0 Å². The zero-order valence-electron chi connectivity index (χ0n) is 8.73. The van der Waals surface area contributed by atoms with Crippen LogP contribution in [0.3, 0.4) is 0 Å². The summed E-state index contributed by atoms with van der Waals surface area (Å²) in [5, 5.41) is 0. The Morgan fingerprint density at radius 3 is 2.43 bits per heavy atom. The van der Waals surface area contributed by atoms with Gasteiger partial charge in [-0.05, 0) is 22.6 Å². The lowest BCUT2D eigenvalue weighted by Crippen LogP contribution is -2.13. The van der Waals surface area contributed by atoms with Crippen LogP contribution in [0.5, 0.6) is 0 Å². The molecule has 1 aromatic carbocycles. The minimum absolute atomic E-state index is 0.154. The molecule has 0 bridgehead atoms. The van der Waals surface area contributed by atoms with Gasteiger partial charge >= 0.3 is 0 Å². The Morgan fingerprint density at radius 2 is 2.00 bits per heavy atom. The molecule has 2 heteroatoms. The number of benzene rings is 1. The van der Waals surface area contributed by atoms with Crippen molar-refractivity contribution in [3.8, 4) is 0 Å². The van der Waals surface area contributed by atoms with Gasteiger partial charge in [-0.1, -0.05) is 32.9 Å². The van der Waals surface area contributed by atoms with E-state index in [1.807, 2.05) is 20.8 Å². The van der Waals surface area contributed by atoms with Gasteiger partial charge in [0.15, 0.2) is 0 Å². The van der Waals surface area contributed by atoms with E-state index in [-0.39, 0.29) is 17.7 Å². The second-order valence-electron chi connectivity index (χ2n) is 4.39. The van der Waals surface area contributed by atoms with Gasteiger partial charge in [0, 0.05) is 6.42 Å². The number of halogens is 1. The van der Waals surface area contributed by atoms with Gasteiger partial charge < -0.3 is 0 Å². The highest BCUT2D eigenvalue weighted by Gasteiger charge is 2.18. The van der Waals surface area contributed by atoms with Crippen molar-refractivity contribution in [1.82, 2.24) is 0 Å². The molecule has 1 rings (SSSR count). The summed E-state index contributed by atoms with van der Waals surface area (Å²) in [6.07, 6.45) is 1.91. The smallest absolute Gasteiger partial charge is 0.203 e. The molecule has 1 nitrogen and oxygen atoms in total. The lowest BCUT2D eigenvalue weighted by molar-refractivity contribution is 0.522. The molecule has 1 radical (unpaired) electrons. The maximum absolute atomic E-state index is 13.5. The van der Waals surface area contributed by atoms with E-state index in [2.05, 4.69) is 0 Å². The highest BCUT2D eigenvalue weighted by Crippen LogP contribution is 2.25. The van der Waals surface area contributed by atoms with Crippen LogP contribution in [0.4, 0.5) is 4.39 Å². The van der Waals surface area contributed by atoms with Crippen LogP contribution in [0.1, 0.15) is 31.9 Å². The molecule has 0 amide bonds. The number of rotatable bonds is 2. The van der Waals surface area contributed by atoms with Gasteiger partial charge in [-0.3, -0.25) is 4.79 Å². The lowest BCUT2D eigenvalue weighted by atomic mass is 9.86. The molecule has 0 fully saturated rings. The van der Waals surface area contributed by atoms with E-state index in [9.17, 15) is 9.18 Å². The maximum Gasteiger partial charge on any atom is 0.203 e. The third-order valence-corrected chi connectivity index (χ3v) is 2.12. The fourth-order valence-electron chi connectivity index (χ4n) is 1.36. The van der Waals surface area contributed by atoms with E-state index in [1.165, 1.54) is 6.07 Å². The van der Waals surface area contributed by atoms with Gasteiger partial charge in [-0.25, -0.2) is 4.39 Å². The van der Waals surface area contributed by atoms with Crippen molar-refractivity contribution in [2.75, 3.05) is 0 Å². The highest BCUT2D eigenvalue weighted by molar-refractivity contribution is 5.55. The predicted molar refractivity (Wildman–Crippen MR) is 54.5 cm³/mol. The van der Waals surface area contributed by atoms with Crippen LogP contribution < -0.4 is 0 Å². The van der Waals surface area contributed by atoms with Gasteiger partial charge in [0.05, 0.1) is 0 Å². The van der Waals surface area contributed by atoms with Crippen molar-refractivity contribution in [3.05, 3.63) is 35.1 Å². The first kappa shape index (κ1) is 10.9. The SMILES string of the molecule is CC(C)(C)c1ccc(C[C]=O)cc1F. The van der Waals surface area contributed by atoms with Crippen LogP contribution in [0.2, 0.25) is 0 Å². The lowest BCUT2D eigenvalue weighted by Gasteiger charge is -2.19. The molecule has 0 N–H and O–H groups in total. The Balaban J connectivity index is 3.07. The molecule has 0 saturated heterocycles. The Morgan fingerprint density at radius 1 is 1.36 bits per heavy atom. The molecule has 75 valence electrons. The van der Waals surface area contributed by atoms with Gasteiger partial charge in [0.1, 0.15) is 5.82 Å². The Labute approximate surface area is 83.9 Å². The average molecular weight is 193 g/mol. The van der Waals surface area contributed by atoms with Gasteiger partial charge in [0.2, 0.25) is 6.29 Å². The molecule has 0 aliphatic heterocycles. The van der Waals surface area contributed by atoms with Crippen molar-refractivity contribution in [3.63, 3.8) is 0 Å². The third kappa shape index (κ3) is 2.41. The first-order chi connectivity index (χ1) is 6.45. The van der Waals surface area contributed by atoms with Crippen LogP contribution in [0, 0.1) is 5.82 Å². The van der Waals surface area contributed by atoms with Crippen molar-refractivity contribution < 1.29 is 9.18 Å². The van der Waals surface area contributed by atoms with Crippen molar-refractivity contribution in [2.24, 2.45) is 0 Å². The van der Waals surface area contributed by atoms with E-state index >= 15 is 0 Å². The summed E-state index contributed by atoms with van der Waals surface area (Å²) >= 11 is 0. The molecule has 0 aromatic heterocycles. The second-order valence-corrected chi connectivity index (χ2v) is 4.39. The van der Waals surface area contributed by atoms with Gasteiger partial charge in [-0.2, -0.15) is 0 Å². The van der Waals surface area contributed by atoms with E-state index in [0.29, 0.717) is 11.1 Å². The molecule has 0 heterocycles. The maximum atomic E-state index is 13.5. The molecule has 0 spiro atoms. The summed E-state index contributed by atoms with van der Waals surface area (Å²) in [6.45, 7) is 5.87. The summed E-state index contributed by atoms with van der Waals surface area (Å²) in [5.41, 5.74) is 1.14. The quantitative estimate of drug-likeness (QED) is 0.705. The van der Waals surface area contributed by atoms with Crippen LogP contribution in [0.25, 0.3) is 0 Å². The van der Waals surface area contributed by atoms with Crippen molar-refractivity contribution in [2.45, 2.75) is 32.6 Å². The predicted octanol–water partition coefficient (Wildman–Crippen LogP) is 2.78. The third-order valence-electron chi connectivity index (χ3n) is 2.12. The van der Waals surface area contributed by atoms with Crippen LogP contribution in [-0.2, 0) is 16.6 Å².